The summed E-state index contributed by atoms with van der Waals surface area (Å²) in [6.07, 6.45) is 32.5. The van der Waals surface area contributed by atoms with Crippen molar-refractivity contribution in [3.8, 4) is 0 Å². The first-order chi connectivity index (χ1) is 24.0. The SMILES string of the molecule is CCCCCCCC/C=C/CCCCCC(=O)OC[C@H](COP(=O)(O)OCC[N+](C)(C)C)OC(=O)CCCCCCCCCCCCCCC. The number of likely N-dealkylation sites (N-methyl/N-ethyl adjacent to an activating group) is 1. The molecule has 0 aromatic rings. The van der Waals surface area contributed by atoms with Gasteiger partial charge in [-0.05, 0) is 38.5 Å². The molecule has 0 radical (unpaired) electrons. The lowest BCUT2D eigenvalue weighted by Crippen LogP contribution is -2.37. The Labute approximate surface area is 307 Å². The van der Waals surface area contributed by atoms with Crippen LogP contribution < -0.4 is 0 Å². The quantitative estimate of drug-likeness (QED) is 0.0221. The van der Waals surface area contributed by atoms with Crippen molar-refractivity contribution < 1.29 is 42.1 Å². The normalized spacial score (nSPS) is 13.8. The number of nitrogens with zero attached hydrogens (tertiary/aromatic N) is 1. The van der Waals surface area contributed by atoms with Gasteiger partial charge in [-0.3, -0.25) is 18.6 Å². The van der Waals surface area contributed by atoms with E-state index in [-0.39, 0.29) is 32.0 Å². The summed E-state index contributed by atoms with van der Waals surface area (Å²) in [7, 11) is 1.48. The fraction of sp³-hybridized carbons (Fsp3) is 0.900. The van der Waals surface area contributed by atoms with Crippen molar-refractivity contribution >= 4 is 19.8 Å². The summed E-state index contributed by atoms with van der Waals surface area (Å²) in [5, 5.41) is 0. The molecule has 0 spiro atoms. The zero-order valence-electron chi connectivity index (χ0n) is 33.1. The molecule has 0 bridgehead atoms. The number of carbonyl (C=O) groups is 2. The Hall–Kier alpha value is -1.25. The fourth-order valence-corrected chi connectivity index (χ4v) is 6.28. The van der Waals surface area contributed by atoms with Crippen molar-refractivity contribution in [1.82, 2.24) is 0 Å². The minimum absolute atomic E-state index is 0.0324. The van der Waals surface area contributed by atoms with Crippen molar-refractivity contribution in [1.29, 1.82) is 0 Å². The molecule has 0 aromatic heterocycles. The number of esters is 2. The smallest absolute Gasteiger partial charge is 0.462 e. The molecule has 0 saturated heterocycles. The predicted octanol–water partition coefficient (Wildman–Crippen LogP) is 11.0. The molecule has 0 saturated carbocycles. The van der Waals surface area contributed by atoms with Crippen molar-refractivity contribution in [3.05, 3.63) is 12.2 Å². The summed E-state index contributed by atoms with van der Waals surface area (Å²) < 4.78 is 34.2. The average molecular weight is 733 g/mol. The number of phosphoric ester groups is 1. The van der Waals surface area contributed by atoms with E-state index in [1.165, 1.54) is 103 Å². The minimum Gasteiger partial charge on any atom is -0.462 e. The van der Waals surface area contributed by atoms with Gasteiger partial charge in [-0.25, -0.2) is 4.57 Å². The van der Waals surface area contributed by atoms with E-state index in [0.717, 1.165) is 44.9 Å². The van der Waals surface area contributed by atoms with Crippen LogP contribution in [-0.4, -0.2) is 74.9 Å². The van der Waals surface area contributed by atoms with Crippen molar-refractivity contribution in [2.24, 2.45) is 0 Å². The summed E-state index contributed by atoms with van der Waals surface area (Å²) in [6.45, 7) is 4.40. The second kappa shape index (κ2) is 33.6. The van der Waals surface area contributed by atoms with E-state index in [0.29, 0.717) is 17.4 Å². The van der Waals surface area contributed by atoms with Crippen molar-refractivity contribution in [2.45, 2.75) is 187 Å². The molecule has 0 fully saturated rings. The Morgan fingerprint density at radius 3 is 1.50 bits per heavy atom. The van der Waals surface area contributed by atoms with Crippen LogP contribution in [0.5, 0.6) is 0 Å². The molecule has 0 aliphatic carbocycles. The Bertz CT molecular complexity index is 876. The first kappa shape index (κ1) is 48.8. The molecule has 9 nitrogen and oxygen atoms in total. The summed E-state index contributed by atoms with van der Waals surface area (Å²) in [5.41, 5.74) is 0. The van der Waals surface area contributed by atoms with E-state index in [1.54, 1.807) is 0 Å². The van der Waals surface area contributed by atoms with E-state index in [1.807, 2.05) is 21.1 Å². The topological polar surface area (TPSA) is 108 Å². The predicted molar refractivity (Wildman–Crippen MR) is 206 cm³/mol. The number of rotatable bonds is 37. The summed E-state index contributed by atoms with van der Waals surface area (Å²) in [6, 6.07) is 0. The first-order valence-corrected chi connectivity index (χ1v) is 21.9. The third kappa shape index (κ3) is 36.5. The van der Waals surface area contributed by atoms with Crippen LogP contribution in [0.2, 0.25) is 0 Å². The highest BCUT2D eigenvalue weighted by Crippen LogP contribution is 2.43. The molecule has 50 heavy (non-hydrogen) atoms. The Morgan fingerprint density at radius 1 is 0.600 bits per heavy atom. The van der Waals surface area contributed by atoms with Crippen LogP contribution in [0.25, 0.3) is 0 Å². The molecule has 0 aromatic carbocycles. The molecule has 10 heteroatoms. The summed E-state index contributed by atoms with van der Waals surface area (Å²) in [5.74, 6) is -0.812. The highest BCUT2D eigenvalue weighted by molar-refractivity contribution is 7.47. The molecular formula is C40H79NO8P+. The monoisotopic (exact) mass is 733 g/mol. The zero-order chi connectivity index (χ0) is 37.2. The van der Waals surface area contributed by atoms with E-state index >= 15 is 0 Å². The van der Waals surface area contributed by atoms with Crippen LogP contribution in [0.3, 0.4) is 0 Å². The van der Waals surface area contributed by atoms with Crippen molar-refractivity contribution in [3.63, 3.8) is 0 Å². The van der Waals surface area contributed by atoms with Gasteiger partial charge in [0.05, 0.1) is 27.7 Å². The Morgan fingerprint density at radius 2 is 1.02 bits per heavy atom. The third-order valence-electron chi connectivity index (χ3n) is 8.80. The molecule has 1 unspecified atom stereocenters. The Balaban J connectivity index is 4.41. The second-order valence-electron chi connectivity index (χ2n) is 15.0. The van der Waals surface area contributed by atoms with Crippen molar-refractivity contribution in [2.75, 3.05) is 47.5 Å². The van der Waals surface area contributed by atoms with Gasteiger partial charge < -0.3 is 18.9 Å². The fourth-order valence-electron chi connectivity index (χ4n) is 5.54. The van der Waals surface area contributed by atoms with Crippen LogP contribution in [-0.2, 0) is 32.7 Å². The standard InChI is InChI=1S/C40H78NO8P/c1-6-8-10-12-14-16-18-20-22-24-26-28-30-32-39(42)46-36-38(37-48-50(44,45)47-35-34-41(3,4)5)49-40(43)33-31-29-27-25-23-21-19-17-15-13-11-9-7-2/h20,22,38H,6-19,21,23-37H2,1-5H3/p+1/b22-20+/t38-/m1/s1. The lowest BCUT2D eigenvalue weighted by molar-refractivity contribution is -0.870. The zero-order valence-corrected chi connectivity index (χ0v) is 34.0. The van der Waals surface area contributed by atoms with Gasteiger partial charge in [-0.15, -0.1) is 0 Å². The Kier molecular flexibility index (Phi) is 32.7. The summed E-state index contributed by atoms with van der Waals surface area (Å²) in [4.78, 5) is 35.2. The molecule has 0 rings (SSSR count). The van der Waals surface area contributed by atoms with Gasteiger partial charge in [0.25, 0.3) is 0 Å². The van der Waals surface area contributed by atoms with Crippen LogP contribution >= 0.6 is 7.82 Å². The molecule has 1 N–H and O–H groups in total. The molecule has 2 atom stereocenters. The van der Waals surface area contributed by atoms with Gasteiger partial charge in [0.15, 0.2) is 6.10 Å². The average Bonchev–Trinajstić information content (AvgIpc) is 3.06. The number of ether oxygens (including phenoxy) is 2. The van der Waals surface area contributed by atoms with Gasteiger partial charge in [0, 0.05) is 12.8 Å². The number of phosphoric acid groups is 1. The highest BCUT2D eigenvalue weighted by atomic mass is 31.2. The van der Waals surface area contributed by atoms with Crippen LogP contribution in [0.1, 0.15) is 181 Å². The molecule has 296 valence electrons. The van der Waals surface area contributed by atoms with E-state index < -0.39 is 26.5 Å². The van der Waals surface area contributed by atoms with E-state index in [4.69, 9.17) is 18.5 Å². The molecule has 0 aliphatic rings. The number of carbonyl (C=O) groups excluding carboxylic acids is 2. The summed E-state index contributed by atoms with van der Waals surface area (Å²) >= 11 is 0. The van der Waals surface area contributed by atoms with Crippen LogP contribution in [0.4, 0.5) is 0 Å². The lowest BCUT2D eigenvalue weighted by Gasteiger charge is -2.24. The first-order valence-electron chi connectivity index (χ1n) is 20.4. The number of unbranched alkanes of at least 4 members (excludes halogenated alkanes) is 21. The maximum atomic E-state index is 12.6. The number of hydrogen-bond acceptors (Lipinski definition) is 7. The molecule has 0 heterocycles. The molecular weight excluding hydrogens is 653 g/mol. The maximum Gasteiger partial charge on any atom is 0.472 e. The maximum absolute atomic E-state index is 12.6. The lowest BCUT2D eigenvalue weighted by atomic mass is 10.0. The van der Waals surface area contributed by atoms with E-state index in [9.17, 15) is 19.0 Å². The van der Waals surface area contributed by atoms with Gasteiger partial charge in [-0.1, -0.05) is 142 Å². The minimum atomic E-state index is -4.37. The number of quaternary nitrogens is 1. The second-order valence-corrected chi connectivity index (χ2v) is 16.5. The van der Waals surface area contributed by atoms with Crippen LogP contribution in [0.15, 0.2) is 12.2 Å². The van der Waals surface area contributed by atoms with E-state index in [2.05, 4.69) is 26.0 Å². The third-order valence-corrected chi connectivity index (χ3v) is 9.78. The molecule has 0 amide bonds. The van der Waals surface area contributed by atoms with Gasteiger partial charge in [-0.2, -0.15) is 0 Å². The van der Waals surface area contributed by atoms with Crippen LogP contribution in [0, 0.1) is 0 Å². The van der Waals surface area contributed by atoms with Gasteiger partial charge >= 0.3 is 19.8 Å². The largest absolute Gasteiger partial charge is 0.472 e. The number of hydrogen-bond donors (Lipinski definition) is 1. The highest BCUT2D eigenvalue weighted by Gasteiger charge is 2.27. The number of allylic oxidation sites excluding steroid dienone is 2. The van der Waals surface area contributed by atoms with Gasteiger partial charge in [0.1, 0.15) is 19.8 Å². The van der Waals surface area contributed by atoms with Gasteiger partial charge in [0.2, 0.25) is 0 Å². The molecule has 0 aliphatic heterocycles.